The third kappa shape index (κ3) is 1.86. The van der Waals surface area contributed by atoms with E-state index >= 15 is 0 Å². The summed E-state index contributed by atoms with van der Waals surface area (Å²) >= 11 is 0. The minimum atomic E-state index is -0.724. The van der Waals surface area contributed by atoms with Gasteiger partial charge in [0.05, 0.1) is 12.8 Å². The molecule has 0 atom stereocenters. The second-order valence-electron chi connectivity index (χ2n) is 3.59. The highest BCUT2D eigenvalue weighted by Gasteiger charge is 2.13. The molecule has 1 heterocycles. The first kappa shape index (κ1) is 11.9. The van der Waals surface area contributed by atoms with Crippen LogP contribution in [0.3, 0.4) is 0 Å². The molecule has 0 aliphatic heterocycles. The lowest BCUT2D eigenvalue weighted by Gasteiger charge is -2.01. The van der Waals surface area contributed by atoms with Gasteiger partial charge in [-0.15, -0.1) is 0 Å². The molecule has 1 aromatic carbocycles. The van der Waals surface area contributed by atoms with Crippen LogP contribution in [0, 0.1) is 0 Å². The number of hydrogen-bond acceptors (Lipinski definition) is 4. The molecular weight excluding hydrogens is 238 g/mol. The summed E-state index contributed by atoms with van der Waals surface area (Å²) in [6.45, 7) is 1.19. The number of hydrogen-bond donors (Lipinski definition) is 1. The molecule has 1 N–H and O–H groups in total. The zero-order valence-electron chi connectivity index (χ0n) is 9.84. The Labute approximate surface area is 101 Å². The Morgan fingerprint density at radius 1 is 1.22 bits per heavy atom. The van der Waals surface area contributed by atoms with Gasteiger partial charge in [0.1, 0.15) is 5.75 Å². The van der Waals surface area contributed by atoms with Crippen molar-refractivity contribution in [1.82, 2.24) is 14.3 Å². The minimum absolute atomic E-state index is 0.363. The molecule has 0 fully saturated rings. The van der Waals surface area contributed by atoms with Gasteiger partial charge in [0.2, 0.25) is 5.91 Å². The summed E-state index contributed by atoms with van der Waals surface area (Å²) in [7, 11) is 1.51. The molecular formula is C11H11N3O4. The van der Waals surface area contributed by atoms with Crippen LogP contribution in [0.4, 0.5) is 0 Å². The number of benzene rings is 1. The first-order valence-corrected chi connectivity index (χ1v) is 5.14. The number of H-pyrrole nitrogens is 1. The van der Waals surface area contributed by atoms with Gasteiger partial charge in [0, 0.05) is 6.92 Å². The van der Waals surface area contributed by atoms with E-state index in [0.717, 1.165) is 4.57 Å². The maximum atomic E-state index is 11.8. The average Bonchev–Trinajstić information content (AvgIpc) is 2.65. The lowest BCUT2D eigenvalue weighted by Crippen LogP contribution is -2.29. The van der Waals surface area contributed by atoms with E-state index in [2.05, 4.69) is 5.10 Å². The van der Waals surface area contributed by atoms with Gasteiger partial charge in [-0.3, -0.25) is 4.79 Å². The van der Waals surface area contributed by atoms with Crippen LogP contribution in [0.2, 0.25) is 0 Å². The molecule has 18 heavy (non-hydrogen) atoms. The molecule has 0 saturated carbocycles. The van der Waals surface area contributed by atoms with Crippen molar-refractivity contribution in [3.63, 3.8) is 0 Å². The van der Waals surface area contributed by atoms with E-state index in [1.165, 1.54) is 14.0 Å². The van der Waals surface area contributed by atoms with Crippen LogP contribution in [0.1, 0.15) is 11.7 Å². The van der Waals surface area contributed by atoms with Crippen molar-refractivity contribution in [2.24, 2.45) is 0 Å². The summed E-state index contributed by atoms with van der Waals surface area (Å²) in [5, 5.41) is 2.17. The summed E-state index contributed by atoms with van der Waals surface area (Å²) in [5.41, 5.74) is -1.03. The lowest BCUT2D eigenvalue weighted by atomic mass is 10.3. The standard InChI is InChI=1S/C11H11N3O4/c1-7(15)14-11(17)13(10(16)12-14)8-3-5-9(18-2)6-4-8/h3-6H,1-2H3,(H,12,16). The summed E-state index contributed by atoms with van der Waals surface area (Å²) in [6, 6.07) is 6.35. The Morgan fingerprint density at radius 3 is 2.28 bits per heavy atom. The van der Waals surface area contributed by atoms with Gasteiger partial charge in [0.15, 0.2) is 0 Å². The van der Waals surface area contributed by atoms with Gasteiger partial charge >= 0.3 is 11.4 Å². The fourth-order valence-corrected chi connectivity index (χ4v) is 1.55. The zero-order valence-corrected chi connectivity index (χ0v) is 9.84. The number of carbonyl (C=O) groups is 1. The number of nitrogens with zero attached hydrogens (tertiary/aromatic N) is 2. The van der Waals surface area contributed by atoms with Crippen molar-refractivity contribution in [2.45, 2.75) is 6.92 Å². The first-order valence-electron chi connectivity index (χ1n) is 5.14. The van der Waals surface area contributed by atoms with Crippen LogP contribution in [0.5, 0.6) is 5.75 Å². The molecule has 1 aromatic heterocycles. The van der Waals surface area contributed by atoms with Gasteiger partial charge in [-0.05, 0) is 24.3 Å². The minimum Gasteiger partial charge on any atom is -0.497 e. The maximum absolute atomic E-state index is 11.8. The number of rotatable bonds is 2. The van der Waals surface area contributed by atoms with E-state index in [4.69, 9.17) is 4.74 Å². The Bertz CT molecular complexity index is 690. The second-order valence-corrected chi connectivity index (χ2v) is 3.59. The van der Waals surface area contributed by atoms with E-state index in [1.54, 1.807) is 24.3 Å². The summed E-state index contributed by atoms with van der Waals surface area (Å²) in [6.07, 6.45) is 0. The van der Waals surface area contributed by atoms with Crippen LogP contribution in [-0.2, 0) is 0 Å². The van der Waals surface area contributed by atoms with Crippen molar-refractivity contribution >= 4 is 5.91 Å². The molecule has 7 nitrogen and oxygen atoms in total. The predicted molar refractivity (Wildman–Crippen MR) is 63.5 cm³/mol. The van der Waals surface area contributed by atoms with Crippen LogP contribution in [0.15, 0.2) is 33.9 Å². The molecule has 0 bridgehead atoms. The van der Waals surface area contributed by atoms with Crippen LogP contribution in [-0.4, -0.2) is 27.4 Å². The van der Waals surface area contributed by atoms with E-state index < -0.39 is 17.3 Å². The molecule has 0 saturated heterocycles. The van der Waals surface area contributed by atoms with Crippen LogP contribution < -0.4 is 16.1 Å². The molecule has 0 unspecified atom stereocenters. The van der Waals surface area contributed by atoms with Crippen LogP contribution >= 0.6 is 0 Å². The van der Waals surface area contributed by atoms with Crippen molar-refractivity contribution in [3.8, 4) is 11.4 Å². The third-order valence-corrected chi connectivity index (χ3v) is 2.44. The van der Waals surface area contributed by atoms with Crippen molar-refractivity contribution in [2.75, 3.05) is 7.11 Å². The molecule has 2 rings (SSSR count). The summed E-state index contributed by atoms with van der Waals surface area (Å²) < 4.78 is 6.51. The molecule has 0 aliphatic carbocycles. The van der Waals surface area contributed by atoms with Gasteiger partial charge in [-0.1, -0.05) is 0 Å². The number of nitrogens with one attached hydrogen (secondary N) is 1. The zero-order chi connectivity index (χ0) is 13.3. The third-order valence-electron chi connectivity index (χ3n) is 2.44. The first-order chi connectivity index (χ1) is 8.54. The predicted octanol–water partition coefficient (Wildman–Crippen LogP) is -0.00400. The van der Waals surface area contributed by atoms with Crippen LogP contribution in [0.25, 0.3) is 5.69 Å². The van der Waals surface area contributed by atoms with E-state index in [0.29, 0.717) is 16.1 Å². The number of carbonyl (C=O) groups excluding carboxylic acids is 1. The number of aromatic amines is 1. The molecule has 94 valence electrons. The highest BCUT2D eigenvalue weighted by molar-refractivity contribution is 5.74. The van der Waals surface area contributed by atoms with E-state index in [-0.39, 0.29) is 0 Å². The molecule has 2 aromatic rings. The van der Waals surface area contributed by atoms with Crippen molar-refractivity contribution < 1.29 is 9.53 Å². The SMILES string of the molecule is COc1ccc(-n2c(=O)[nH]n(C(C)=O)c2=O)cc1. The normalized spacial score (nSPS) is 10.3. The number of ether oxygens (including phenoxy) is 1. The Morgan fingerprint density at radius 2 is 1.83 bits per heavy atom. The van der Waals surface area contributed by atoms with Gasteiger partial charge in [0.25, 0.3) is 0 Å². The fourth-order valence-electron chi connectivity index (χ4n) is 1.55. The molecule has 0 radical (unpaired) electrons. The summed E-state index contributed by atoms with van der Waals surface area (Å²) in [5.74, 6) is 0.0542. The molecule has 0 spiro atoms. The van der Waals surface area contributed by atoms with Gasteiger partial charge in [-0.2, -0.15) is 4.68 Å². The topological polar surface area (TPSA) is 86.1 Å². The molecule has 0 amide bonds. The smallest absolute Gasteiger partial charge is 0.358 e. The van der Waals surface area contributed by atoms with Crippen molar-refractivity contribution in [3.05, 3.63) is 45.2 Å². The van der Waals surface area contributed by atoms with Crippen molar-refractivity contribution in [1.29, 1.82) is 0 Å². The maximum Gasteiger partial charge on any atom is 0.358 e. The largest absolute Gasteiger partial charge is 0.497 e. The lowest BCUT2D eigenvalue weighted by molar-refractivity contribution is 0.0916. The monoisotopic (exact) mass is 249 g/mol. The quantitative estimate of drug-likeness (QED) is 0.811. The Kier molecular flexibility index (Phi) is 2.88. The fraction of sp³-hybridized carbons (Fsp3) is 0.182. The molecule has 7 heteroatoms. The van der Waals surface area contributed by atoms with E-state index in [1.807, 2.05) is 0 Å². The van der Waals surface area contributed by atoms with E-state index in [9.17, 15) is 14.4 Å². The number of aromatic nitrogens is 3. The Hall–Kier alpha value is -2.57. The average molecular weight is 249 g/mol. The number of methoxy groups -OCH3 is 1. The highest BCUT2D eigenvalue weighted by Crippen LogP contribution is 2.12. The highest BCUT2D eigenvalue weighted by atomic mass is 16.5. The molecule has 0 aliphatic rings. The Balaban J connectivity index is 2.60. The second kappa shape index (κ2) is 4.36. The van der Waals surface area contributed by atoms with Gasteiger partial charge in [-0.25, -0.2) is 19.3 Å². The van der Waals surface area contributed by atoms with Gasteiger partial charge < -0.3 is 4.74 Å². The summed E-state index contributed by atoms with van der Waals surface area (Å²) in [4.78, 5) is 34.6.